The van der Waals surface area contributed by atoms with Crippen LogP contribution in [0.3, 0.4) is 0 Å². The molecule has 0 aliphatic carbocycles. The number of carbonyl (C=O) groups is 1. The molecule has 1 saturated heterocycles. The average molecular weight is 349 g/mol. The molecule has 0 unspecified atom stereocenters. The van der Waals surface area contributed by atoms with Crippen LogP contribution in [0.5, 0.6) is 0 Å². The summed E-state index contributed by atoms with van der Waals surface area (Å²) in [5.41, 5.74) is 1.57. The van der Waals surface area contributed by atoms with E-state index in [2.05, 4.69) is 33.3 Å². The van der Waals surface area contributed by atoms with Crippen LogP contribution < -0.4 is 5.32 Å². The largest absolute Gasteiger partial charge is 0.333 e. The van der Waals surface area contributed by atoms with Crippen LogP contribution in [-0.2, 0) is 0 Å². The second-order valence-electron chi connectivity index (χ2n) is 5.20. The van der Waals surface area contributed by atoms with Crippen molar-refractivity contribution < 1.29 is 4.79 Å². The lowest BCUT2D eigenvalue weighted by molar-refractivity contribution is 0.0656. The molecular weight excluding hydrogens is 332 g/mol. The summed E-state index contributed by atoms with van der Waals surface area (Å²) < 4.78 is 2.75. The quantitative estimate of drug-likeness (QED) is 0.903. The minimum Gasteiger partial charge on any atom is -0.333 e. The fourth-order valence-corrected chi connectivity index (χ4v) is 2.74. The van der Waals surface area contributed by atoms with Gasteiger partial charge in [-0.15, -0.1) is 0 Å². The number of halogens is 1. The van der Waals surface area contributed by atoms with Gasteiger partial charge in [0, 0.05) is 36.3 Å². The summed E-state index contributed by atoms with van der Waals surface area (Å²) in [4.78, 5) is 14.4. The summed E-state index contributed by atoms with van der Waals surface area (Å²) in [5, 5.41) is 7.58. The van der Waals surface area contributed by atoms with Gasteiger partial charge in [-0.1, -0.05) is 15.9 Å². The molecule has 6 heteroatoms. The minimum atomic E-state index is 0.0485. The van der Waals surface area contributed by atoms with Crippen LogP contribution in [0.2, 0.25) is 0 Å². The van der Waals surface area contributed by atoms with E-state index in [1.54, 1.807) is 17.1 Å². The summed E-state index contributed by atoms with van der Waals surface area (Å²) in [5.74, 6) is 0.0485. The zero-order chi connectivity index (χ0) is 14.8. The van der Waals surface area contributed by atoms with Gasteiger partial charge in [-0.25, -0.2) is 4.68 Å². The Bertz CT molecular complexity index is 637. The van der Waals surface area contributed by atoms with Gasteiger partial charge in [-0.3, -0.25) is 4.79 Å². The Balaban J connectivity index is 1.81. The Hall–Kier alpha value is -1.66. The monoisotopic (exact) mass is 348 g/mol. The van der Waals surface area contributed by atoms with Crippen LogP contribution in [-0.4, -0.2) is 46.3 Å². The Kier molecular flexibility index (Phi) is 4.07. The zero-order valence-electron chi connectivity index (χ0n) is 11.8. The topological polar surface area (TPSA) is 50.2 Å². The Morgan fingerprint density at radius 1 is 1.38 bits per heavy atom. The lowest BCUT2D eigenvalue weighted by atomic mass is 10.2. The van der Waals surface area contributed by atoms with Gasteiger partial charge in [-0.2, -0.15) is 5.10 Å². The summed E-state index contributed by atoms with van der Waals surface area (Å²) >= 11 is 3.41. The minimum absolute atomic E-state index is 0.0485. The highest BCUT2D eigenvalue weighted by Crippen LogP contribution is 2.15. The molecule has 0 saturated carbocycles. The first-order valence-electron chi connectivity index (χ1n) is 6.97. The van der Waals surface area contributed by atoms with Crippen molar-refractivity contribution in [3.05, 3.63) is 46.7 Å². The highest BCUT2D eigenvalue weighted by atomic mass is 79.9. The molecule has 1 aromatic heterocycles. The van der Waals surface area contributed by atoms with Crippen molar-refractivity contribution in [3.8, 4) is 5.69 Å². The standard InChI is InChI=1S/C15H17BrN4O/c1-11-8-17-6-7-19(11)15(21)12-9-18-20(10-12)14-4-2-13(16)3-5-14/h2-5,9-11,17H,6-8H2,1H3/t11-/m1/s1. The predicted octanol–water partition coefficient (Wildman–Crippen LogP) is 2.07. The smallest absolute Gasteiger partial charge is 0.257 e. The number of carbonyl (C=O) groups excluding carboxylic acids is 1. The second kappa shape index (κ2) is 5.99. The molecule has 1 aromatic carbocycles. The average Bonchev–Trinajstić information content (AvgIpc) is 2.98. The number of aromatic nitrogens is 2. The van der Waals surface area contributed by atoms with Gasteiger partial charge in [-0.05, 0) is 31.2 Å². The lowest BCUT2D eigenvalue weighted by Gasteiger charge is -2.33. The molecule has 3 rings (SSSR count). The molecule has 1 aliphatic rings. The molecular formula is C15H17BrN4O. The Morgan fingerprint density at radius 2 is 2.14 bits per heavy atom. The van der Waals surface area contributed by atoms with Gasteiger partial charge in [0.2, 0.25) is 0 Å². The van der Waals surface area contributed by atoms with E-state index >= 15 is 0 Å². The van der Waals surface area contributed by atoms with Gasteiger partial charge in [0.25, 0.3) is 5.91 Å². The Labute approximate surface area is 132 Å². The first kappa shape index (κ1) is 14.3. The number of nitrogens with zero attached hydrogens (tertiary/aromatic N) is 3. The van der Waals surface area contributed by atoms with Crippen molar-refractivity contribution in [2.24, 2.45) is 0 Å². The molecule has 0 bridgehead atoms. The van der Waals surface area contributed by atoms with Crippen molar-refractivity contribution in [2.75, 3.05) is 19.6 Å². The maximum absolute atomic E-state index is 12.5. The van der Waals surface area contributed by atoms with Gasteiger partial charge < -0.3 is 10.2 Å². The molecule has 110 valence electrons. The summed E-state index contributed by atoms with van der Waals surface area (Å²) in [7, 11) is 0. The third-order valence-electron chi connectivity index (χ3n) is 3.68. The van der Waals surface area contributed by atoms with Gasteiger partial charge in [0.15, 0.2) is 0 Å². The highest BCUT2D eigenvalue weighted by Gasteiger charge is 2.24. The summed E-state index contributed by atoms with van der Waals surface area (Å²) in [6, 6.07) is 8.04. The Morgan fingerprint density at radius 3 is 2.86 bits per heavy atom. The molecule has 0 spiro atoms. The molecule has 21 heavy (non-hydrogen) atoms. The molecule has 1 N–H and O–H groups in total. The zero-order valence-corrected chi connectivity index (χ0v) is 13.4. The number of hydrogen-bond donors (Lipinski definition) is 1. The highest BCUT2D eigenvalue weighted by molar-refractivity contribution is 9.10. The van der Waals surface area contributed by atoms with E-state index in [1.165, 1.54) is 0 Å². The van der Waals surface area contributed by atoms with Gasteiger partial charge >= 0.3 is 0 Å². The van der Waals surface area contributed by atoms with E-state index in [1.807, 2.05) is 29.2 Å². The second-order valence-corrected chi connectivity index (χ2v) is 6.12. The van der Waals surface area contributed by atoms with Crippen LogP contribution >= 0.6 is 15.9 Å². The molecule has 1 fully saturated rings. The van der Waals surface area contributed by atoms with E-state index in [-0.39, 0.29) is 11.9 Å². The van der Waals surface area contributed by atoms with Crippen LogP contribution in [0.25, 0.3) is 5.69 Å². The van der Waals surface area contributed by atoms with Crippen molar-refractivity contribution >= 4 is 21.8 Å². The fraction of sp³-hybridized carbons (Fsp3) is 0.333. The summed E-state index contributed by atoms with van der Waals surface area (Å²) in [6.07, 6.45) is 3.43. The number of nitrogens with one attached hydrogen (secondary N) is 1. The molecule has 1 atom stereocenters. The van der Waals surface area contributed by atoms with Gasteiger partial charge in [0.1, 0.15) is 0 Å². The third kappa shape index (κ3) is 3.01. The van der Waals surface area contributed by atoms with Crippen LogP contribution in [0.15, 0.2) is 41.1 Å². The summed E-state index contributed by atoms with van der Waals surface area (Å²) in [6.45, 7) is 4.48. The predicted molar refractivity (Wildman–Crippen MR) is 84.6 cm³/mol. The SMILES string of the molecule is C[C@@H]1CNCCN1C(=O)c1cnn(-c2ccc(Br)cc2)c1. The van der Waals surface area contributed by atoms with Crippen LogP contribution in [0, 0.1) is 0 Å². The fourth-order valence-electron chi connectivity index (χ4n) is 2.48. The molecule has 2 aromatic rings. The van der Waals surface area contributed by atoms with E-state index < -0.39 is 0 Å². The van der Waals surface area contributed by atoms with E-state index in [0.29, 0.717) is 5.56 Å². The molecule has 2 heterocycles. The first-order valence-corrected chi connectivity index (χ1v) is 7.77. The third-order valence-corrected chi connectivity index (χ3v) is 4.21. The van der Waals surface area contributed by atoms with E-state index in [9.17, 15) is 4.79 Å². The number of piperazine rings is 1. The van der Waals surface area contributed by atoms with E-state index in [4.69, 9.17) is 0 Å². The first-order chi connectivity index (χ1) is 10.1. The molecule has 0 radical (unpaired) electrons. The number of benzene rings is 1. The van der Waals surface area contributed by atoms with Crippen LogP contribution in [0.1, 0.15) is 17.3 Å². The molecule has 5 nitrogen and oxygen atoms in total. The number of hydrogen-bond acceptors (Lipinski definition) is 3. The maximum atomic E-state index is 12.5. The van der Waals surface area contributed by atoms with Crippen LogP contribution in [0.4, 0.5) is 0 Å². The molecule has 1 aliphatic heterocycles. The maximum Gasteiger partial charge on any atom is 0.257 e. The number of amides is 1. The lowest BCUT2D eigenvalue weighted by Crippen LogP contribution is -2.52. The van der Waals surface area contributed by atoms with Crippen molar-refractivity contribution in [3.63, 3.8) is 0 Å². The normalized spacial score (nSPS) is 18.8. The molecule has 1 amide bonds. The van der Waals surface area contributed by atoms with Gasteiger partial charge in [0.05, 0.1) is 17.4 Å². The van der Waals surface area contributed by atoms with Crippen molar-refractivity contribution in [2.45, 2.75) is 13.0 Å². The number of rotatable bonds is 2. The van der Waals surface area contributed by atoms with Crippen molar-refractivity contribution in [1.29, 1.82) is 0 Å². The van der Waals surface area contributed by atoms with Crippen molar-refractivity contribution in [1.82, 2.24) is 20.0 Å². The van der Waals surface area contributed by atoms with E-state index in [0.717, 1.165) is 29.8 Å².